The Morgan fingerprint density at radius 1 is 1.13 bits per heavy atom. The maximum atomic E-state index is 11.3. The Hall–Kier alpha value is -0.570. The molecule has 0 aliphatic carbocycles. The number of carbonyl (C=O) groups is 1. The second-order valence-electron chi connectivity index (χ2n) is 3.86. The Morgan fingerprint density at radius 2 is 1.87 bits per heavy atom. The molecule has 0 aromatic rings. The number of amides is 1. The van der Waals surface area contributed by atoms with Crippen LogP contribution in [0.3, 0.4) is 0 Å². The number of methoxy groups -OCH3 is 1. The zero-order valence-corrected chi connectivity index (χ0v) is 10.2. The normalized spacial score (nSPS) is 10.3. The Balaban J connectivity index is 3.11. The molecule has 0 unspecified atom stereocenters. The summed E-state index contributed by atoms with van der Waals surface area (Å²) in [5.74, 6) is 0.183. The van der Waals surface area contributed by atoms with Crippen molar-refractivity contribution in [1.82, 2.24) is 5.32 Å². The van der Waals surface area contributed by atoms with Crippen molar-refractivity contribution < 1.29 is 9.53 Å². The molecule has 0 radical (unpaired) electrons. The van der Waals surface area contributed by atoms with Gasteiger partial charge in [0.05, 0.1) is 0 Å². The van der Waals surface area contributed by atoms with Gasteiger partial charge in [-0.1, -0.05) is 32.6 Å². The summed E-state index contributed by atoms with van der Waals surface area (Å²) in [5.41, 5.74) is 0. The van der Waals surface area contributed by atoms with Gasteiger partial charge in [0.2, 0.25) is 5.91 Å². The van der Waals surface area contributed by atoms with E-state index in [0.717, 1.165) is 26.0 Å². The number of hydrogen-bond donors (Lipinski definition) is 1. The van der Waals surface area contributed by atoms with Gasteiger partial charge < -0.3 is 10.1 Å². The van der Waals surface area contributed by atoms with E-state index in [1.807, 2.05) is 0 Å². The highest BCUT2D eigenvalue weighted by atomic mass is 16.5. The topological polar surface area (TPSA) is 38.3 Å². The summed E-state index contributed by atoms with van der Waals surface area (Å²) in [5, 5.41) is 2.89. The lowest BCUT2D eigenvalue weighted by molar-refractivity contribution is -0.121. The lowest BCUT2D eigenvalue weighted by atomic mass is 10.1. The third-order valence-electron chi connectivity index (χ3n) is 2.35. The first kappa shape index (κ1) is 14.4. The van der Waals surface area contributed by atoms with E-state index in [9.17, 15) is 4.79 Å². The highest BCUT2D eigenvalue weighted by Gasteiger charge is 1.99. The fourth-order valence-corrected chi connectivity index (χ4v) is 1.42. The summed E-state index contributed by atoms with van der Waals surface area (Å²) >= 11 is 0. The first-order valence-corrected chi connectivity index (χ1v) is 6.07. The summed E-state index contributed by atoms with van der Waals surface area (Å²) in [6.45, 7) is 3.65. The largest absolute Gasteiger partial charge is 0.385 e. The molecular weight excluding hydrogens is 190 g/mol. The van der Waals surface area contributed by atoms with Gasteiger partial charge in [-0.2, -0.15) is 0 Å². The highest BCUT2D eigenvalue weighted by Crippen LogP contribution is 2.04. The third-order valence-corrected chi connectivity index (χ3v) is 2.35. The van der Waals surface area contributed by atoms with Crippen molar-refractivity contribution in [2.24, 2.45) is 0 Å². The zero-order valence-electron chi connectivity index (χ0n) is 10.2. The van der Waals surface area contributed by atoms with Gasteiger partial charge in [0, 0.05) is 26.7 Å². The van der Waals surface area contributed by atoms with E-state index in [2.05, 4.69) is 12.2 Å². The minimum atomic E-state index is 0.183. The summed E-state index contributed by atoms with van der Waals surface area (Å²) < 4.78 is 4.90. The molecule has 0 saturated heterocycles. The predicted octanol–water partition coefficient (Wildman–Crippen LogP) is 2.50. The molecule has 15 heavy (non-hydrogen) atoms. The second kappa shape index (κ2) is 11.5. The van der Waals surface area contributed by atoms with Crippen molar-refractivity contribution in [3.63, 3.8) is 0 Å². The lowest BCUT2D eigenvalue weighted by Gasteiger charge is -2.04. The van der Waals surface area contributed by atoms with Crippen molar-refractivity contribution in [2.75, 3.05) is 20.3 Å². The molecule has 1 N–H and O–H groups in total. The van der Waals surface area contributed by atoms with E-state index in [0.29, 0.717) is 6.42 Å². The van der Waals surface area contributed by atoms with Crippen molar-refractivity contribution in [2.45, 2.75) is 51.9 Å². The van der Waals surface area contributed by atoms with Crippen molar-refractivity contribution >= 4 is 5.91 Å². The number of carbonyl (C=O) groups excluding carboxylic acids is 1. The molecule has 0 fully saturated rings. The first-order chi connectivity index (χ1) is 7.31. The van der Waals surface area contributed by atoms with Crippen LogP contribution in [0.5, 0.6) is 0 Å². The highest BCUT2D eigenvalue weighted by molar-refractivity contribution is 5.75. The molecule has 0 saturated carbocycles. The molecule has 0 bridgehead atoms. The molecule has 0 heterocycles. The van der Waals surface area contributed by atoms with E-state index in [1.54, 1.807) is 7.11 Å². The minimum Gasteiger partial charge on any atom is -0.385 e. The van der Waals surface area contributed by atoms with Crippen LogP contribution in [0, 0.1) is 0 Å². The number of nitrogens with one attached hydrogen (secondary N) is 1. The third kappa shape index (κ3) is 11.4. The van der Waals surface area contributed by atoms with E-state index in [1.165, 1.54) is 25.7 Å². The average molecular weight is 215 g/mol. The van der Waals surface area contributed by atoms with Crippen LogP contribution >= 0.6 is 0 Å². The van der Waals surface area contributed by atoms with E-state index in [4.69, 9.17) is 4.74 Å². The maximum absolute atomic E-state index is 11.3. The minimum absolute atomic E-state index is 0.183. The molecule has 3 nitrogen and oxygen atoms in total. The Kier molecular flexibility index (Phi) is 11.1. The number of unbranched alkanes of at least 4 members (excludes halogenated alkanes) is 4. The Morgan fingerprint density at radius 3 is 2.53 bits per heavy atom. The molecule has 0 spiro atoms. The van der Waals surface area contributed by atoms with Crippen LogP contribution in [0.15, 0.2) is 0 Å². The maximum Gasteiger partial charge on any atom is 0.219 e. The summed E-state index contributed by atoms with van der Waals surface area (Å²) in [7, 11) is 1.68. The van der Waals surface area contributed by atoms with Crippen LogP contribution in [0.25, 0.3) is 0 Å². The van der Waals surface area contributed by atoms with Crippen LogP contribution in [0.4, 0.5) is 0 Å². The van der Waals surface area contributed by atoms with Crippen molar-refractivity contribution in [3.05, 3.63) is 0 Å². The number of rotatable bonds is 10. The molecule has 90 valence electrons. The van der Waals surface area contributed by atoms with Gasteiger partial charge in [-0.15, -0.1) is 0 Å². The predicted molar refractivity (Wildman–Crippen MR) is 62.9 cm³/mol. The van der Waals surface area contributed by atoms with E-state index < -0.39 is 0 Å². The zero-order chi connectivity index (χ0) is 11.4. The van der Waals surface area contributed by atoms with Crippen LogP contribution in [-0.4, -0.2) is 26.2 Å². The molecule has 1 amide bonds. The first-order valence-electron chi connectivity index (χ1n) is 6.07. The number of hydrogen-bond acceptors (Lipinski definition) is 2. The van der Waals surface area contributed by atoms with Crippen LogP contribution in [0.1, 0.15) is 51.9 Å². The quantitative estimate of drug-likeness (QED) is 0.569. The summed E-state index contributed by atoms with van der Waals surface area (Å²) in [6.07, 6.45) is 7.58. The van der Waals surface area contributed by atoms with Gasteiger partial charge in [0.15, 0.2) is 0 Å². The van der Waals surface area contributed by atoms with E-state index in [-0.39, 0.29) is 5.91 Å². The van der Waals surface area contributed by atoms with Gasteiger partial charge in [0.25, 0.3) is 0 Å². The van der Waals surface area contributed by atoms with Gasteiger partial charge >= 0.3 is 0 Å². The van der Waals surface area contributed by atoms with Crippen LogP contribution in [-0.2, 0) is 9.53 Å². The Bertz CT molecular complexity index is 149. The van der Waals surface area contributed by atoms with Crippen molar-refractivity contribution in [1.29, 1.82) is 0 Å². The van der Waals surface area contributed by atoms with Crippen LogP contribution < -0.4 is 5.32 Å². The van der Waals surface area contributed by atoms with Gasteiger partial charge in [-0.05, 0) is 12.8 Å². The SMILES string of the molecule is CCCCCCCC(=O)NCCCOC. The molecule has 0 aliphatic rings. The van der Waals surface area contributed by atoms with Crippen molar-refractivity contribution in [3.8, 4) is 0 Å². The molecule has 0 aromatic carbocycles. The van der Waals surface area contributed by atoms with Gasteiger partial charge in [-0.25, -0.2) is 0 Å². The summed E-state index contributed by atoms with van der Waals surface area (Å²) in [6, 6.07) is 0. The Labute approximate surface area is 93.6 Å². The molecule has 0 atom stereocenters. The fourth-order valence-electron chi connectivity index (χ4n) is 1.42. The monoisotopic (exact) mass is 215 g/mol. The fraction of sp³-hybridized carbons (Fsp3) is 0.917. The summed E-state index contributed by atoms with van der Waals surface area (Å²) in [4.78, 5) is 11.3. The molecule has 3 heteroatoms. The molecular formula is C12H25NO2. The van der Waals surface area contributed by atoms with Crippen LogP contribution in [0.2, 0.25) is 0 Å². The van der Waals surface area contributed by atoms with Gasteiger partial charge in [0.1, 0.15) is 0 Å². The standard InChI is InChI=1S/C12H25NO2/c1-3-4-5-6-7-9-12(14)13-10-8-11-15-2/h3-11H2,1-2H3,(H,13,14). The molecule has 0 aromatic heterocycles. The average Bonchev–Trinajstić information content (AvgIpc) is 2.24. The lowest BCUT2D eigenvalue weighted by Crippen LogP contribution is -2.24. The molecule has 0 aliphatic heterocycles. The number of ether oxygens (including phenoxy) is 1. The smallest absolute Gasteiger partial charge is 0.219 e. The second-order valence-corrected chi connectivity index (χ2v) is 3.86. The molecule has 0 rings (SSSR count). The van der Waals surface area contributed by atoms with Gasteiger partial charge in [-0.3, -0.25) is 4.79 Å². The van der Waals surface area contributed by atoms with E-state index >= 15 is 0 Å².